The van der Waals surface area contributed by atoms with Gasteiger partial charge in [-0.25, -0.2) is 0 Å². The predicted molar refractivity (Wildman–Crippen MR) is 139 cm³/mol. The molecule has 0 unspecified atom stereocenters. The second kappa shape index (κ2) is 13.7. The van der Waals surface area contributed by atoms with Gasteiger partial charge in [0.2, 0.25) is 0 Å². The van der Waals surface area contributed by atoms with Crippen molar-refractivity contribution in [2.45, 2.75) is 38.5 Å². The van der Waals surface area contributed by atoms with Gasteiger partial charge in [-0.05, 0) is 47.7 Å². The van der Waals surface area contributed by atoms with Crippen molar-refractivity contribution in [3.05, 3.63) is 96.1 Å². The summed E-state index contributed by atoms with van der Waals surface area (Å²) in [6.45, 7) is 0.769. The number of carbonyl (C=O) groups excluding carboxylic acids is 1. The highest BCUT2D eigenvalue weighted by Gasteiger charge is 2.04. The molecule has 0 aromatic heterocycles. The molecule has 0 aliphatic heterocycles. The summed E-state index contributed by atoms with van der Waals surface area (Å²) >= 11 is 3.48. The van der Waals surface area contributed by atoms with E-state index in [4.69, 9.17) is 4.74 Å². The standard InChI is InChI=1S/C29H31BrO2/c30-22-8-3-1-2-4-9-23-32-28-19-17-26(18-20-28)25-13-15-27(16-14-25)29(31)21-12-24-10-6-5-7-11-24/h5-7,10-21H,1-4,8-9,22-23H2. The Morgan fingerprint density at radius 3 is 1.97 bits per heavy atom. The number of ketones is 1. The second-order valence-electron chi connectivity index (χ2n) is 7.87. The highest BCUT2D eigenvalue weighted by molar-refractivity contribution is 9.09. The lowest BCUT2D eigenvalue weighted by molar-refractivity contribution is 0.104. The molecule has 0 radical (unpaired) electrons. The highest BCUT2D eigenvalue weighted by Crippen LogP contribution is 2.23. The molecular formula is C29H31BrO2. The first-order valence-electron chi connectivity index (χ1n) is 11.4. The molecule has 3 aromatic rings. The van der Waals surface area contributed by atoms with Gasteiger partial charge in [-0.3, -0.25) is 4.79 Å². The van der Waals surface area contributed by atoms with E-state index in [0.29, 0.717) is 5.56 Å². The van der Waals surface area contributed by atoms with E-state index in [1.54, 1.807) is 6.08 Å². The lowest BCUT2D eigenvalue weighted by atomic mass is 10.0. The summed E-state index contributed by atoms with van der Waals surface area (Å²) < 4.78 is 5.88. The van der Waals surface area contributed by atoms with Gasteiger partial charge in [0, 0.05) is 10.9 Å². The molecule has 166 valence electrons. The molecule has 0 atom stereocenters. The van der Waals surface area contributed by atoms with E-state index in [1.165, 1.54) is 32.1 Å². The van der Waals surface area contributed by atoms with Crippen LogP contribution in [0, 0.1) is 0 Å². The van der Waals surface area contributed by atoms with Gasteiger partial charge in [0.1, 0.15) is 5.75 Å². The molecule has 32 heavy (non-hydrogen) atoms. The third-order valence-electron chi connectivity index (χ3n) is 5.38. The van der Waals surface area contributed by atoms with Crippen LogP contribution in [0.4, 0.5) is 0 Å². The minimum Gasteiger partial charge on any atom is -0.494 e. The van der Waals surface area contributed by atoms with Crippen LogP contribution >= 0.6 is 15.9 Å². The third kappa shape index (κ3) is 8.12. The minimum absolute atomic E-state index is 0.00673. The summed E-state index contributed by atoms with van der Waals surface area (Å²) in [6, 6.07) is 25.8. The smallest absolute Gasteiger partial charge is 0.185 e. The Balaban J connectivity index is 1.45. The Bertz CT molecular complexity index is 960. The number of hydrogen-bond acceptors (Lipinski definition) is 2. The van der Waals surface area contributed by atoms with Crippen LogP contribution in [0.5, 0.6) is 5.75 Å². The molecule has 0 saturated carbocycles. The summed E-state index contributed by atoms with van der Waals surface area (Å²) in [5.41, 5.74) is 3.91. The minimum atomic E-state index is 0.00673. The fourth-order valence-electron chi connectivity index (χ4n) is 3.50. The topological polar surface area (TPSA) is 26.3 Å². The summed E-state index contributed by atoms with van der Waals surface area (Å²) in [6.07, 6.45) is 11.0. The van der Waals surface area contributed by atoms with Crippen molar-refractivity contribution >= 4 is 27.8 Å². The number of benzene rings is 3. The molecule has 0 amide bonds. The van der Waals surface area contributed by atoms with Crippen molar-refractivity contribution in [3.8, 4) is 16.9 Å². The van der Waals surface area contributed by atoms with E-state index in [9.17, 15) is 4.79 Å². The number of alkyl halides is 1. The van der Waals surface area contributed by atoms with Gasteiger partial charge >= 0.3 is 0 Å². The molecule has 0 saturated heterocycles. The van der Waals surface area contributed by atoms with Crippen LogP contribution in [0.3, 0.4) is 0 Å². The number of carbonyl (C=O) groups is 1. The fourth-order valence-corrected chi connectivity index (χ4v) is 3.89. The zero-order valence-electron chi connectivity index (χ0n) is 18.5. The predicted octanol–water partition coefficient (Wildman–Crippen LogP) is 8.36. The Hall–Kier alpha value is -2.65. The molecule has 0 spiro atoms. The number of allylic oxidation sites excluding steroid dienone is 1. The Kier molecular flexibility index (Phi) is 10.3. The molecule has 0 heterocycles. The number of hydrogen-bond donors (Lipinski definition) is 0. The van der Waals surface area contributed by atoms with E-state index in [-0.39, 0.29) is 5.78 Å². The van der Waals surface area contributed by atoms with Gasteiger partial charge in [-0.2, -0.15) is 0 Å². The first-order valence-corrected chi connectivity index (χ1v) is 12.5. The van der Waals surface area contributed by atoms with E-state index >= 15 is 0 Å². The Morgan fingerprint density at radius 2 is 1.31 bits per heavy atom. The van der Waals surface area contributed by atoms with Gasteiger partial charge in [0.05, 0.1) is 6.61 Å². The summed E-state index contributed by atoms with van der Waals surface area (Å²) in [5.74, 6) is 0.915. The normalized spacial score (nSPS) is 11.0. The average molecular weight is 491 g/mol. The van der Waals surface area contributed by atoms with Gasteiger partial charge in [-0.1, -0.05) is 114 Å². The van der Waals surface area contributed by atoms with Crippen LogP contribution in [0.2, 0.25) is 0 Å². The van der Waals surface area contributed by atoms with Crippen LogP contribution in [0.15, 0.2) is 84.9 Å². The average Bonchev–Trinajstić information content (AvgIpc) is 2.85. The molecule has 0 N–H and O–H groups in total. The number of ether oxygens (including phenoxy) is 1. The molecule has 0 aliphatic rings. The molecule has 0 fully saturated rings. The molecular weight excluding hydrogens is 460 g/mol. The van der Waals surface area contributed by atoms with Crippen molar-refractivity contribution in [1.29, 1.82) is 0 Å². The van der Waals surface area contributed by atoms with Crippen molar-refractivity contribution in [1.82, 2.24) is 0 Å². The van der Waals surface area contributed by atoms with Gasteiger partial charge in [-0.15, -0.1) is 0 Å². The van der Waals surface area contributed by atoms with Crippen LogP contribution in [-0.4, -0.2) is 17.7 Å². The van der Waals surface area contributed by atoms with E-state index in [0.717, 1.165) is 40.8 Å². The highest BCUT2D eigenvalue weighted by atomic mass is 79.9. The van der Waals surface area contributed by atoms with Crippen LogP contribution in [0.25, 0.3) is 17.2 Å². The van der Waals surface area contributed by atoms with Crippen molar-refractivity contribution < 1.29 is 9.53 Å². The molecule has 2 nitrogen and oxygen atoms in total. The van der Waals surface area contributed by atoms with Gasteiger partial charge in [0.15, 0.2) is 5.78 Å². The maximum atomic E-state index is 12.4. The number of rotatable bonds is 13. The monoisotopic (exact) mass is 490 g/mol. The maximum Gasteiger partial charge on any atom is 0.185 e. The van der Waals surface area contributed by atoms with Crippen LogP contribution in [-0.2, 0) is 0 Å². The molecule has 0 bridgehead atoms. The van der Waals surface area contributed by atoms with E-state index in [1.807, 2.05) is 72.8 Å². The largest absolute Gasteiger partial charge is 0.494 e. The molecule has 3 aromatic carbocycles. The van der Waals surface area contributed by atoms with Gasteiger partial charge < -0.3 is 4.74 Å². The van der Waals surface area contributed by atoms with Crippen molar-refractivity contribution in [3.63, 3.8) is 0 Å². The molecule has 3 rings (SSSR count). The van der Waals surface area contributed by atoms with Crippen molar-refractivity contribution in [2.75, 3.05) is 11.9 Å². The quantitative estimate of drug-likeness (QED) is 0.104. The zero-order chi connectivity index (χ0) is 22.4. The van der Waals surface area contributed by atoms with E-state index < -0.39 is 0 Å². The molecule has 0 aliphatic carbocycles. The molecule has 3 heteroatoms. The summed E-state index contributed by atoms with van der Waals surface area (Å²) in [7, 11) is 0. The maximum absolute atomic E-state index is 12.4. The zero-order valence-corrected chi connectivity index (χ0v) is 20.1. The van der Waals surface area contributed by atoms with Crippen LogP contribution in [0.1, 0.15) is 54.4 Å². The van der Waals surface area contributed by atoms with Gasteiger partial charge in [0.25, 0.3) is 0 Å². The summed E-state index contributed by atoms with van der Waals surface area (Å²) in [4.78, 5) is 12.4. The lowest BCUT2D eigenvalue weighted by Crippen LogP contribution is -1.97. The first-order chi connectivity index (χ1) is 15.8. The van der Waals surface area contributed by atoms with E-state index in [2.05, 4.69) is 28.1 Å². The Morgan fingerprint density at radius 1 is 0.719 bits per heavy atom. The SMILES string of the molecule is O=C(C=Cc1ccccc1)c1ccc(-c2ccc(OCCCCCCCCBr)cc2)cc1. The Labute approximate surface area is 200 Å². The fraction of sp³-hybridized carbons (Fsp3) is 0.276. The lowest BCUT2D eigenvalue weighted by Gasteiger charge is -2.08. The number of halogens is 1. The third-order valence-corrected chi connectivity index (χ3v) is 5.94. The first kappa shape index (κ1) is 24.0. The number of unbranched alkanes of at least 4 members (excludes halogenated alkanes) is 5. The second-order valence-corrected chi connectivity index (χ2v) is 8.66. The van der Waals surface area contributed by atoms with Crippen molar-refractivity contribution in [2.24, 2.45) is 0 Å². The van der Waals surface area contributed by atoms with Crippen LogP contribution < -0.4 is 4.74 Å². The summed E-state index contributed by atoms with van der Waals surface area (Å²) in [5, 5.41) is 1.11.